The number of rotatable bonds is 15. The number of benzene rings is 3. The van der Waals surface area contributed by atoms with E-state index in [0.29, 0.717) is 18.5 Å². The van der Waals surface area contributed by atoms with E-state index >= 15 is 0 Å². The Hall–Kier alpha value is -4.50. The summed E-state index contributed by atoms with van der Waals surface area (Å²) in [7, 11) is 0. The molecule has 0 spiro atoms. The van der Waals surface area contributed by atoms with E-state index in [2.05, 4.69) is 10.6 Å². The molecule has 1 fully saturated rings. The molecule has 4 rings (SSSR count). The Labute approximate surface area is 265 Å². The second-order valence-corrected chi connectivity index (χ2v) is 12.1. The van der Waals surface area contributed by atoms with Crippen molar-refractivity contribution in [2.45, 2.75) is 70.7 Å². The van der Waals surface area contributed by atoms with E-state index in [-0.39, 0.29) is 42.9 Å². The van der Waals surface area contributed by atoms with Crippen LogP contribution in [0, 0.1) is 11.8 Å². The van der Waals surface area contributed by atoms with Crippen LogP contribution in [0.1, 0.15) is 44.7 Å². The first kappa shape index (κ1) is 33.4. The van der Waals surface area contributed by atoms with Crippen molar-refractivity contribution in [3.05, 3.63) is 102 Å². The molecule has 0 unspecified atom stereocenters. The van der Waals surface area contributed by atoms with Gasteiger partial charge in [-0.1, -0.05) is 92.7 Å². The van der Waals surface area contributed by atoms with Crippen molar-refractivity contribution >= 4 is 29.4 Å². The highest BCUT2D eigenvalue weighted by Gasteiger charge is 2.39. The van der Waals surface area contributed by atoms with Gasteiger partial charge in [0.25, 0.3) is 5.91 Å². The van der Waals surface area contributed by atoms with Crippen LogP contribution in [-0.2, 0) is 32.0 Å². The minimum Gasteiger partial charge on any atom is -0.434 e. The normalized spacial score (nSPS) is 17.2. The van der Waals surface area contributed by atoms with Crippen LogP contribution in [0.2, 0.25) is 0 Å². The van der Waals surface area contributed by atoms with Gasteiger partial charge in [0.1, 0.15) is 0 Å². The molecule has 9 nitrogen and oxygen atoms in total. The summed E-state index contributed by atoms with van der Waals surface area (Å²) in [5.41, 5.74) is 2.56. The van der Waals surface area contributed by atoms with Crippen LogP contribution in [-0.4, -0.2) is 59.6 Å². The number of carbonyl (C=O) groups excluding carboxylic acids is 4. The summed E-state index contributed by atoms with van der Waals surface area (Å²) in [5.74, 6) is -1.24. The number of carbonyl (C=O) groups is 4. The van der Waals surface area contributed by atoms with Crippen LogP contribution in [0.15, 0.2) is 91.0 Å². The molecule has 1 saturated heterocycles. The summed E-state index contributed by atoms with van der Waals surface area (Å²) in [6.07, 6.45) is -1.43. The van der Waals surface area contributed by atoms with Crippen molar-refractivity contribution in [1.29, 1.82) is 0 Å². The molecule has 0 bridgehead atoms. The molecule has 3 aromatic carbocycles. The van der Waals surface area contributed by atoms with E-state index in [1.807, 2.05) is 80.6 Å². The Bertz CT molecular complexity index is 1420. The van der Waals surface area contributed by atoms with Gasteiger partial charge < -0.3 is 20.5 Å². The number of Topliss-reactive ketones (excluding diaryl/α,β-unsaturated/α-hetero) is 1. The summed E-state index contributed by atoms with van der Waals surface area (Å²) in [6, 6.07) is 26.9. The maximum Gasteiger partial charge on any atom is 0.415 e. The van der Waals surface area contributed by atoms with E-state index in [1.165, 1.54) is 11.8 Å². The number of aliphatic hydroxyl groups is 1. The van der Waals surface area contributed by atoms with Crippen molar-refractivity contribution in [3.8, 4) is 0 Å². The highest BCUT2D eigenvalue weighted by Crippen LogP contribution is 2.25. The number of aliphatic hydroxyl groups excluding tert-OH is 1. The number of hydrogen-bond acceptors (Lipinski definition) is 6. The third-order valence-corrected chi connectivity index (χ3v) is 8.07. The molecular weight excluding hydrogens is 570 g/mol. The minimum atomic E-state index is -1.05. The fourth-order valence-electron chi connectivity index (χ4n) is 5.79. The summed E-state index contributed by atoms with van der Waals surface area (Å²) in [6.45, 7) is 5.22. The molecule has 0 radical (unpaired) electrons. The van der Waals surface area contributed by atoms with Crippen LogP contribution >= 0.6 is 0 Å². The molecule has 1 aliphatic rings. The van der Waals surface area contributed by atoms with Crippen molar-refractivity contribution in [2.75, 3.05) is 11.4 Å². The van der Waals surface area contributed by atoms with E-state index in [4.69, 9.17) is 4.74 Å². The van der Waals surface area contributed by atoms with Gasteiger partial charge in [-0.3, -0.25) is 19.3 Å². The van der Waals surface area contributed by atoms with Gasteiger partial charge in [-0.2, -0.15) is 0 Å². The van der Waals surface area contributed by atoms with Gasteiger partial charge in [0, 0.05) is 19.0 Å². The number of anilines is 1. The Balaban J connectivity index is 1.52. The number of ether oxygens (including phenoxy) is 1. The zero-order valence-electron chi connectivity index (χ0n) is 26.1. The highest BCUT2D eigenvalue weighted by atomic mass is 16.6. The Morgan fingerprint density at radius 3 is 1.98 bits per heavy atom. The monoisotopic (exact) mass is 613 g/mol. The Kier molecular flexibility index (Phi) is 11.9. The first-order valence-corrected chi connectivity index (χ1v) is 15.5. The molecule has 3 aromatic rings. The number of hydrogen-bond donors (Lipinski definition) is 3. The van der Waals surface area contributed by atoms with Crippen molar-refractivity contribution in [1.82, 2.24) is 10.6 Å². The Morgan fingerprint density at radius 2 is 1.42 bits per heavy atom. The summed E-state index contributed by atoms with van der Waals surface area (Å²) < 4.78 is 5.43. The van der Waals surface area contributed by atoms with Crippen LogP contribution in [0.5, 0.6) is 0 Å². The molecule has 5 atom stereocenters. The molecule has 1 aliphatic heterocycles. The molecule has 0 aliphatic carbocycles. The van der Waals surface area contributed by atoms with Gasteiger partial charge in [-0.25, -0.2) is 4.79 Å². The molecule has 3 N–H and O–H groups in total. The number of ketones is 1. The zero-order valence-corrected chi connectivity index (χ0v) is 26.1. The Morgan fingerprint density at radius 1 is 0.867 bits per heavy atom. The molecule has 0 saturated carbocycles. The topological polar surface area (TPSA) is 125 Å². The number of amides is 3. The third kappa shape index (κ3) is 9.74. The van der Waals surface area contributed by atoms with Crippen LogP contribution in [0.3, 0.4) is 0 Å². The number of nitrogens with one attached hydrogen (secondary N) is 2. The first-order chi connectivity index (χ1) is 21.6. The maximum absolute atomic E-state index is 13.5. The molecule has 238 valence electrons. The second kappa shape index (κ2) is 16.0. The lowest BCUT2D eigenvalue weighted by molar-refractivity contribution is -0.130. The van der Waals surface area contributed by atoms with Crippen LogP contribution in [0.25, 0.3) is 0 Å². The summed E-state index contributed by atoms with van der Waals surface area (Å²) in [4.78, 5) is 52.8. The van der Waals surface area contributed by atoms with Gasteiger partial charge in [-0.05, 0) is 54.4 Å². The van der Waals surface area contributed by atoms with Gasteiger partial charge in [-0.15, -0.1) is 0 Å². The van der Waals surface area contributed by atoms with Crippen molar-refractivity contribution in [2.24, 2.45) is 11.8 Å². The van der Waals surface area contributed by atoms with E-state index in [0.717, 1.165) is 11.1 Å². The fraction of sp³-hybridized carbons (Fsp3) is 0.389. The van der Waals surface area contributed by atoms with Crippen LogP contribution in [0.4, 0.5) is 10.5 Å². The lowest BCUT2D eigenvalue weighted by atomic mass is 9.84. The average molecular weight is 614 g/mol. The number of cyclic esters (lactones) is 1. The standard InChI is InChI=1S/C36H43N3O6/c1-24(2)34(37-25(3)40)32(42)22-28(19-26-13-7-4-8-14-26)21-31(41)30(20-27-15-9-5-10-16-27)38-35(43)33-23-39(36(44)45-33)29-17-11-6-12-18-29/h4-18,24,28,30-31,33-34,41H,19-23H2,1-3H3,(H,37,40)(H,38,43)/t28-,30-,31-,33-,34-/m0/s1. The lowest BCUT2D eigenvalue weighted by Gasteiger charge is -2.29. The highest BCUT2D eigenvalue weighted by molar-refractivity contribution is 5.95. The second-order valence-electron chi connectivity index (χ2n) is 12.1. The van der Waals surface area contributed by atoms with Crippen molar-refractivity contribution < 1.29 is 29.0 Å². The SMILES string of the molecule is CC(=O)N[C@H](C(=O)C[C@@H](Cc1ccccc1)C[C@H](O)[C@H](Cc1ccccc1)NC(=O)[C@@H]1CN(c2ccccc2)C(=O)O1)C(C)C. The third-order valence-electron chi connectivity index (χ3n) is 8.07. The van der Waals surface area contributed by atoms with Gasteiger partial charge >= 0.3 is 6.09 Å². The molecule has 45 heavy (non-hydrogen) atoms. The first-order valence-electron chi connectivity index (χ1n) is 15.5. The van der Waals surface area contributed by atoms with Crippen LogP contribution < -0.4 is 15.5 Å². The van der Waals surface area contributed by atoms with Crippen molar-refractivity contribution in [3.63, 3.8) is 0 Å². The van der Waals surface area contributed by atoms with E-state index < -0.39 is 36.3 Å². The minimum absolute atomic E-state index is 0.0493. The quantitative estimate of drug-likeness (QED) is 0.232. The average Bonchev–Trinajstić information content (AvgIpc) is 3.42. The summed E-state index contributed by atoms with van der Waals surface area (Å²) in [5, 5.41) is 17.4. The number of para-hydroxylation sites is 1. The predicted molar refractivity (Wildman–Crippen MR) is 172 cm³/mol. The van der Waals surface area contributed by atoms with Gasteiger partial charge in [0.2, 0.25) is 5.91 Å². The van der Waals surface area contributed by atoms with Gasteiger partial charge in [0.05, 0.1) is 24.7 Å². The molecule has 3 amide bonds. The molecule has 1 heterocycles. The maximum atomic E-state index is 13.5. The smallest absolute Gasteiger partial charge is 0.415 e. The summed E-state index contributed by atoms with van der Waals surface area (Å²) >= 11 is 0. The molecule has 0 aromatic heterocycles. The van der Waals surface area contributed by atoms with E-state index in [9.17, 15) is 24.3 Å². The fourth-order valence-corrected chi connectivity index (χ4v) is 5.79. The largest absolute Gasteiger partial charge is 0.434 e. The zero-order chi connectivity index (χ0) is 32.3. The molecular formula is C36H43N3O6. The lowest BCUT2D eigenvalue weighted by Crippen LogP contribution is -2.50. The molecule has 9 heteroatoms. The number of nitrogens with zero attached hydrogens (tertiary/aromatic N) is 1. The van der Waals surface area contributed by atoms with Gasteiger partial charge in [0.15, 0.2) is 11.9 Å². The predicted octanol–water partition coefficient (Wildman–Crippen LogP) is 4.47. The van der Waals surface area contributed by atoms with E-state index in [1.54, 1.807) is 24.3 Å².